The second kappa shape index (κ2) is 8.12. The number of aromatic nitrogens is 1. The molecule has 0 aliphatic carbocycles. The van der Waals surface area contributed by atoms with Gasteiger partial charge in [0.05, 0.1) is 24.4 Å². The van der Waals surface area contributed by atoms with E-state index in [1.54, 1.807) is 43.4 Å². The van der Waals surface area contributed by atoms with Crippen molar-refractivity contribution in [2.24, 2.45) is 0 Å². The van der Waals surface area contributed by atoms with E-state index in [2.05, 4.69) is 15.2 Å². The van der Waals surface area contributed by atoms with Gasteiger partial charge in [-0.25, -0.2) is 14.2 Å². The Morgan fingerprint density at radius 3 is 2.41 bits per heavy atom. The van der Waals surface area contributed by atoms with Crippen molar-refractivity contribution in [3.8, 4) is 11.5 Å². The standard InChI is InChI=1S/C20H21FN4O3S/c1-27-15-10-14(11-16(12-15)28-2)22-19(26)24-5-7-25(8-6-24)20-23-17-4-3-13(21)9-18(17)29-20/h3-4,9-12H,5-8H2,1-2H3,(H,22,26). The van der Waals surface area contributed by atoms with Gasteiger partial charge in [-0.3, -0.25) is 0 Å². The normalized spacial score (nSPS) is 14.2. The number of halogens is 1. The summed E-state index contributed by atoms with van der Waals surface area (Å²) >= 11 is 1.47. The first kappa shape index (κ1) is 19.3. The van der Waals surface area contributed by atoms with Crippen LogP contribution in [0.2, 0.25) is 0 Å². The summed E-state index contributed by atoms with van der Waals surface area (Å²) in [6.07, 6.45) is 0. The Balaban J connectivity index is 1.39. The minimum Gasteiger partial charge on any atom is -0.497 e. The highest BCUT2D eigenvalue weighted by atomic mass is 32.1. The van der Waals surface area contributed by atoms with Crippen molar-refractivity contribution in [1.82, 2.24) is 9.88 Å². The van der Waals surface area contributed by atoms with E-state index in [4.69, 9.17) is 9.47 Å². The molecule has 152 valence electrons. The van der Waals surface area contributed by atoms with Gasteiger partial charge in [-0.05, 0) is 18.2 Å². The van der Waals surface area contributed by atoms with Crippen molar-refractivity contribution in [3.63, 3.8) is 0 Å². The third-order valence-corrected chi connectivity index (χ3v) is 5.86. The van der Waals surface area contributed by atoms with Crippen LogP contribution in [0.15, 0.2) is 36.4 Å². The number of urea groups is 1. The van der Waals surface area contributed by atoms with Crippen LogP contribution in [0.1, 0.15) is 0 Å². The molecule has 1 fully saturated rings. The van der Waals surface area contributed by atoms with Crippen molar-refractivity contribution in [1.29, 1.82) is 0 Å². The summed E-state index contributed by atoms with van der Waals surface area (Å²) in [7, 11) is 3.13. The van der Waals surface area contributed by atoms with Crippen molar-refractivity contribution in [3.05, 3.63) is 42.2 Å². The van der Waals surface area contributed by atoms with Gasteiger partial charge in [-0.2, -0.15) is 0 Å². The first-order chi connectivity index (χ1) is 14.1. The van der Waals surface area contributed by atoms with Gasteiger partial charge in [0.15, 0.2) is 5.13 Å². The Hall–Kier alpha value is -3.07. The zero-order valence-electron chi connectivity index (χ0n) is 16.1. The third kappa shape index (κ3) is 4.19. The molecule has 9 heteroatoms. The lowest BCUT2D eigenvalue weighted by molar-refractivity contribution is 0.208. The van der Waals surface area contributed by atoms with E-state index < -0.39 is 0 Å². The van der Waals surface area contributed by atoms with Gasteiger partial charge >= 0.3 is 6.03 Å². The van der Waals surface area contributed by atoms with Gasteiger partial charge in [0, 0.05) is 50.1 Å². The van der Waals surface area contributed by atoms with Gasteiger partial charge < -0.3 is 24.6 Å². The molecule has 1 N–H and O–H groups in total. The summed E-state index contributed by atoms with van der Waals surface area (Å²) in [6, 6.07) is 9.68. The number of thiazole rings is 1. The maximum absolute atomic E-state index is 13.4. The van der Waals surface area contributed by atoms with E-state index in [1.807, 2.05) is 0 Å². The van der Waals surface area contributed by atoms with E-state index in [9.17, 15) is 9.18 Å². The zero-order valence-corrected chi connectivity index (χ0v) is 17.0. The van der Waals surface area contributed by atoms with Gasteiger partial charge in [0.1, 0.15) is 17.3 Å². The number of hydrogen-bond acceptors (Lipinski definition) is 6. The lowest BCUT2D eigenvalue weighted by atomic mass is 10.2. The Morgan fingerprint density at radius 2 is 1.76 bits per heavy atom. The number of amides is 2. The average Bonchev–Trinajstić information content (AvgIpc) is 3.16. The van der Waals surface area contributed by atoms with E-state index in [1.165, 1.54) is 23.5 Å². The molecule has 1 aliphatic heterocycles. The molecule has 0 bridgehead atoms. The van der Waals surface area contributed by atoms with Crippen LogP contribution >= 0.6 is 11.3 Å². The second-order valence-electron chi connectivity index (χ2n) is 6.61. The quantitative estimate of drug-likeness (QED) is 0.701. The molecule has 0 atom stereocenters. The Kier molecular flexibility index (Phi) is 5.39. The molecule has 29 heavy (non-hydrogen) atoms. The van der Waals surface area contributed by atoms with E-state index in [-0.39, 0.29) is 11.8 Å². The number of methoxy groups -OCH3 is 2. The lowest BCUT2D eigenvalue weighted by Crippen LogP contribution is -2.50. The van der Waals surface area contributed by atoms with Crippen LogP contribution in [0.3, 0.4) is 0 Å². The summed E-state index contributed by atoms with van der Waals surface area (Å²) in [5.74, 6) is 0.955. The predicted octanol–water partition coefficient (Wildman–Crippen LogP) is 3.81. The summed E-state index contributed by atoms with van der Waals surface area (Å²) in [4.78, 5) is 21.1. The predicted molar refractivity (Wildman–Crippen MR) is 112 cm³/mol. The van der Waals surface area contributed by atoms with Crippen LogP contribution in [0.5, 0.6) is 11.5 Å². The molecule has 1 saturated heterocycles. The summed E-state index contributed by atoms with van der Waals surface area (Å²) < 4.78 is 24.7. The number of carbonyl (C=O) groups excluding carboxylic acids is 1. The molecular weight excluding hydrogens is 395 g/mol. The highest BCUT2D eigenvalue weighted by Gasteiger charge is 2.23. The number of ether oxygens (including phenoxy) is 2. The highest BCUT2D eigenvalue weighted by molar-refractivity contribution is 7.22. The van der Waals surface area contributed by atoms with Crippen LogP contribution < -0.4 is 19.7 Å². The molecule has 1 aliphatic rings. The fourth-order valence-electron chi connectivity index (χ4n) is 3.20. The number of rotatable bonds is 4. The summed E-state index contributed by atoms with van der Waals surface area (Å²) in [6.45, 7) is 2.46. The lowest BCUT2D eigenvalue weighted by Gasteiger charge is -2.34. The van der Waals surface area contributed by atoms with Gasteiger partial charge in [-0.1, -0.05) is 11.3 Å². The van der Waals surface area contributed by atoms with Gasteiger partial charge in [0.25, 0.3) is 0 Å². The van der Waals surface area contributed by atoms with Gasteiger partial charge in [0.2, 0.25) is 0 Å². The summed E-state index contributed by atoms with van der Waals surface area (Å²) in [5, 5.41) is 3.75. The number of anilines is 2. The molecule has 4 rings (SSSR count). The van der Waals surface area contributed by atoms with Gasteiger partial charge in [-0.15, -0.1) is 0 Å². The van der Waals surface area contributed by atoms with E-state index in [0.717, 1.165) is 15.3 Å². The van der Waals surface area contributed by atoms with Crippen LogP contribution in [0.4, 0.5) is 20.0 Å². The summed E-state index contributed by atoms with van der Waals surface area (Å²) in [5.41, 5.74) is 1.40. The number of nitrogens with zero attached hydrogens (tertiary/aromatic N) is 3. The number of benzene rings is 2. The topological polar surface area (TPSA) is 66.9 Å². The second-order valence-corrected chi connectivity index (χ2v) is 7.62. The maximum Gasteiger partial charge on any atom is 0.321 e. The smallest absolute Gasteiger partial charge is 0.321 e. The van der Waals surface area contributed by atoms with Crippen molar-refractivity contribution >= 4 is 38.4 Å². The first-order valence-electron chi connectivity index (χ1n) is 9.16. The largest absolute Gasteiger partial charge is 0.497 e. The SMILES string of the molecule is COc1cc(NC(=O)N2CCN(c3nc4ccc(F)cc4s3)CC2)cc(OC)c1. The fraction of sp³-hybridized carbons (Fsp3) is 0.300. The molecule has 0 saturated carbocycles. The molecule has 0 spiro atoms. The van der Waals surface area contributed by atoms with Crippen LogP contribution in [0, 0.1) is 5.82 Å². The van der Waals surface area contributed by atoms with Crippen molar-refractivity contribution in [2.45, 2.75) is 0 Å². The highest BCUT2D eigenvalue weighted by Crippen LogP contribution is 2.30. The number of fused-ring (bicyclic) bond motifs is 1. The monoisotopic (exact) mass is 416 g/mol. The molecule has 0 radical (unpaired) electrons. The molecule has 2 amide bonds. The fourth-order valence-corrected chi connectivity index (χ4v) is 4.25. The first-order valence-corrected chi connectivity index (χ1v) is 9.97. The third-order valence-electron chi connectivity index (χ3n) is 4.78. The number of carbonyl (C=O) groups is 1. The number of nitrogens with one attached hydrogen (secondary N) is 1. The Bertz CT molecular complexity index is 1010. The molecule has 2 aromatic carbocycles. The van der Waals surface area contributed by atoms with Crippen LogP contribution in [-0.4, -0.2) is 56.3 Å². The number of piperazine rings is 1. The van der Waals surface area contributed by atoms with Crippen molar-refractivity contribution in [2.75, 3.05) is 50.6 Å². The maximum atomic E-state index is 13.4. The molecule has 0 unspecified atom stereocenters. The van der Waals surface area contributed by atoms with E-state index in [0.29, 0.717) is 43.4 Å². The van der Waals surface area contributed by atoms with Crippen molar-refractivity contribution < 1.29 is 18.7 Å². The van der Waals surface area contributed by atoms with Crippen LogP contribution in [-0.2, 0) is 0 Å². The average molecular weight is 416 g/mol. The molecule has 7 nitrogen and oxygen atoms in total. The number of hydrogen-bond donors (Lipinski definition) is 1. The minimum absolute atomic E-state index is 0.175. The zero-order chi connectivity index (χ0) is 20.4. The minimum atomic E-state index is -0.261. The Morgan fingerprint density at radius 1 is 1.07 bits per heavy atom. The van der Waals surface area contributed by atoms with E-state index >= 15 is 0 Å². The van der Waals surface area contributed by atoms with Crippen LogP contribution in [0.25, 0.3) is 10.2 Å². The molecular formula is C20H21FN4O3S. The molecule has 2 heterocycles. The Labute approximate surface area is 171 Å². The molecule has 1 aromatic heterocycles. The molecule has 3 aromatic rings.